The van der Waals surface area contributed by atoms with Crippen LogP contribution < -0.4 is 0 Å². The van der Waals surface area contributed by atoms with E-state index in [1.165, 1.54) is 16.9 Å². The van der Waals surface area contributed by atoms with Gasteiger partial charge in [0, 0.05) is 23.5 Å². The molecule has 1 aromatic heterocycles. The van der Waals surface area contributed by atoms with Crippen LogP contribution in [0.2, 0.25) is 5.02 Å². The van der Waals surface area contributed by atoms with E-state index in [2.05, 4.69) is 17.1 Å². The maximum absolute atomic E-state index is 12.9. The van der Waals surface area contributed by atoms with Crippen LogP contribution in [-0.4, -0.2) is 21.8 Å². The Morgan fingerprint density at radius 1 is 1.12 bits per heavy atom. The summed E-state index contributed by atoms with van der Waals surface area (Å²) in [6.45, 7) is 0.672. The number of aromatic nitrogens is 1. The van der Waals surface area contributed by atoms with Crippen molar-refractivity contribution in [1.82, 2.24) is 9.88 Å². The third-order valence-corrected chi connectivity index (χ3v) is 5.75. The second-order valence-corrected chi connectivity index (χ2v) is 7.80. The Balaban J connectivity index is 1.48. The van der Waals surface area contributed by atoms with Crippen molar-refractivity contribution in [3.63, 3.8) is 0 Å². The Hall–Kier alpha value is -2.17. The average Bonchev–Trinajstić information content (AvgIpc) is 3.40. The Morgan fingerprint density at radius 3 is 2.58 bits per heavy atom. The summed E-state index contributed by atoms with van der Waals surface area (Å²) in [5, 5.41) is 3.51. The van der Waals surface area contributed by atoms with Gasteiger partial charge in [0.2, 0.25) is 5.91 Å². The van der Waals surface area contributed by atoms with Gasteiger partial charge in [0.25, 0.3) is 0 Å². The minimum atomic E-state index is 0.146. The summed E-state index contributed by atoms with van der Waals surface area (Å²) in [7, 11) is 0. The number of benzene rings is 2. The third kappa shape index (κ3) is 3.97. The van der Waals surface area contributed by atoms with Crippen molar-refractivity contribution < 1.29 is 4.79 Å². The number of hydrogen-bond acceptors (Lipinski definition) is 3. The average molecular weight is 383 g/mol. The summed E-state index contributed by atoms with van der Waals surface area (Å²) in [4.78, 5) is 19.5. The Morgan fingerprint density at radius 2 is 1.85 bits per heavy atom. The number of amides is 1. The van der Waals surface area contributed by atoms with E-state index in [0.717, 1.165) is 29.1 Å². The molecule has 1 aliphatic carbocycles. The molecule has 0 bridgehead atoms. The van der Waals surface area contributed by atoms with E-state index >= 15 is 0 Å². The van der Waals surface area contributed by atoms with Crippen LogP contribution in [-0.2, 0) is 17.8 Å². The maximum atomic E-state index is 12.9. The SMILES string of the molecule is O=C(Cc1csc(-c2ccccc2Cl)n1)N(Cc1ccccc1)C1CC1. The van der Waals surface area contributed by atoms with Crippen LogP contribution in [0.25, 0.3) is 10.6 Å². The van der Waals surface area contributed by atoms with Gasteiger partial charge in [-0.2, -0.15) is 0 Å². The first-order chi connectivity index (χ1) is 12.7. The summed E-state index contributed by atoms with van der Waals surface area (Å²) in [6, 6.07) is 18.2. The Kier molecular flexibility index (Phi) is 5.05. The first-order valence-electron chi connectivity index (χ1n) is 8.73. The number of halogens is 1. The van der Waals surface area contributed by atoms with Crippen molar-refractivity contribution in [3.8, 4) is 10.6 Å². The van der Waals surface area contributed by atoms with Crippen LogP contribution in [0, 0.1) is 0 Å². The lowest BCUT2D eigenvalue weighted by atomic mass is 10.2. The summed E-state index contributed by atoms with van der Waals surface area (Å²) < 4.78 is 0. The minimum absolute atomic E-state index is 0.146. The first kappa shape index (κ1) is 17.3. The van der Waals surface area contributed by atoms with E-state index < -0.39 is 0 Å². The van der Waals surface area contributed by atoms with Gasteiger partial charge in [0.15, 0.2) is 0 Å². The first-order valence-corrected chi connectivity index (χ1v) is 9.99. The molecule has 4 rings (SSSR count). The zero-order chi connectivity index (χ0) is 17.9. The highest BCUT2D eigenvalue weighted by Gasteiger charge is 2.32. The van der Waals surface area contributed by atoms with E-state index in [4.69, 9.17) is 11.6 Å². The second-order valence-electron chi connectivity index (χ2n) is 6.54. The van der Waals surface area contributed by atoms with Gasteiger partial charge < -0.3 is 4.90 Å². The molecule has 1 amide bonds. The summed E-state index contributed by atoms with van der Waals surface area (Å²) in [5.74, 6) is 0.146. The van der Waals surface area contributed by atoms with Gasteiger partial charge in [0.05, 0.1) is 17.1 Å². The fraction of sp³-hybridized carbons (Fsp3) is 0.238. The highest BCUT2D eigenvalue weighted by Crippen LogP contribution is 2.32. The number of carbonyl (C=O) groups is 1. The van der Waals surface area contributed by atoms with Gasteiger partial charge in [-0.05, 0) is 24.5 Å². The number of rotatable bonds is 6. The largest absolute Gasteiger partial charge is 0.335 e. The molecule has 1 fully saturated rings. The molecular weight excluding hydrogens is 364 g/mol. The number of thiazole rings is 1. The van der Waals surface area contributed by atoms with Crippen molar-refractivity contribution >= 4 is 28.8 Å². The topological polar surface area (TPSA) is 33.2 Å². The van der Waals surface area contributed by atoms with Gasteiger partial charge in [0.1, 0.15) is 5.01 Å². The maximum Gasteiger partial charge on any atom is 0.229 e. The van der Waals surface area contributed by atoms with Crippen LogP contribution in [0.4, 0.5) is 0 Å². The molecule has 5 heteroatoms. The fourth-order valence-corrected chi connectivity index (χ4v) is 4.13. The molecule has 1 heterocycles. The lowest BCUT2D eigenvalue weighted by Gasteiger charge is -2.22. The van der Waals surface area contributed by atoms with Crippen molar-refractivity contribution in [2.75, 3.05) is 0 Å². The van der Waals surface area contributed by atoms with E-state index in [-0.39, 0.29) is 5.91 Å². The van der Waals surface area contributed by atoms with Crippen LogP contribution in [0.5, 0.6) is 0 Å². The molecule has 0 aliphatic heterocycles. The zero-order valence-corrected chi connectivity index (χ0v) is 15.8. The molecule has 1 aliphatic rings. The van der Waals surface area contributed by atoms with E-state index in [9.17, 15) is 4.79 Å². The van der Waals surface area contributed by atoms with Crippen LogP contribution in [0.3, 0.4) is 0 Å². The van der Waals surface area contributed by atoms with Crippen molar-refractivity contribution in [2.45, 2.75) is 31.8 Å². The predicted octanol–water partition coefficient (Wildman–Crippen LogP) is 5.20. The van der Waals surface area contributed by atoms with Crippen molar-refractivity contribution in [3.05, 3.63) is 76.3 Å². The highest BCUT2D eigenvalue weighted by atomic mass is 35.5. The lowest BCUT2D eigenvalue weighted by molar-refractivity contribution is -0.131. The van der Waals surface area contributed by atoms with Gasteiger partial charge in [-0.15, -0.1) is 11.3 Å². The molecule has 3 nitrogen and oxygen atoms in total. The molecule has 3 aromatic rings. The van der Waals surface area contributed by atoms with E-state index in [0.29, 0.717) is 24.0 Å². The molecule has 0 saturated heterocycles. The molecule has 0 radical (unpaired) electrons. The molecule has 0 unspecified atom stereocenters. The van der Waals surface area contributed by atoms with Gasteiger partial charge in [-0.25, -0.2) is 4.98 Å². The number of carbonyl (C=O) groups excluding carboxylic acids is 1. The summed E-state index contributed by atoms with van der Waals surface area (Å²) in [5.41, 5.74) is 2.90. The third-order valence-electron chi connectivity index (χ3n) is 4.49. The van der Waals surface area contributed by atoms with Gasteiger partial charge in [-0.1, -0.05) is 60.1 Å². The van der Waals surface area contributed by atoms with Crippen LogP contribution in [0.1, 0.15) is 24.1 Å². The molecule has 0 N–H and O–H groups in total. The molecule has 0 spiro atoms. The van der Waals surface area contributed by atoms with Gasteiger partial charge in [-0.3, -0.25) is 4.79 Å². The van der Waals surface area contributed by atoms with Crippen molar-refractivity contribution in [1.29, 1.82) is 0 Å². The molecule has 1 saturated carbocycles. The van der Waals surface area contributed by atoms with Crippen molar-refractivity contribution in [2.24, 2.45) is 0 Å². The number of nitrogens with zero attached hydrogens (tertiary/aromatic N) is 2. The Labute approximate surface area is 162 Å². The fourth-order valence-electron chi connectivity index (χ4n) is 2.99. The summed E-state index contributed by atoms with van der Waals surface area (Å²) in [6.07, 6.45) is 2.53. The minimum Gasteiger partial charge on any atom is -0.335 e. The predicted molar refractivity (Wildman–Crippen MR) is 106 cm³/mol. The van der Waals surface area contributed by atoms with E-state index in [1.54, 1.807) is 0 Å². The van der Waals surface area contributed by atoms with E-state index in [1.807, 2.05) is 52.7 Å². The quantitative estimate of drug-likeness (QED) is 0.587. The van der Waals surface area contributed by atoms with Crippen LogP contribution in [0.15, 0.2) is 60.0 Å². The molecule has 2 aromatic carbocycles. The molecular formula is C21H19ClN2OS. The highest BCUT2D eigenvalue weighted by molar-refractivity contribution is 7.13. The molecule has 26 heavy (non-hydrogen) atoms. The normalized spacial score (nSPS) is 13.6. The smallest absolute Gasteiger partial charge is 0.229 e. The monoisotopic (exact) mass is 382 g/mol. The van der Waals surface area contributed by atoms with Crippen LogP contribution >= 0.6 is 22.9 Å². The molecule has 132 valence electrons. The molecule has 0 atom stereocenters. The zero-order valence-electron chi connectivity index (χ0n) is 14.3. The standard InChI is InChI=1S/C21H19ClN2OS/c22-19-9-5-4-8-18(19)21-23-16(14-26-21)12-20(25)24(17-10-11-17)13-15-6-2-1-3-7-15/h1-9,14,17H,10-13H2. The Bertz CT molecular complexity index is 905. The van der Waals surface area contributed by atoms with Gasteiger partial charge >= 0.3 is 0 Å². The lowest BCUT2D eigenvalue weighted by Crippen LogP contribution is -2.33. The summed E-state index contributed by atoms with van der Waals surface area (Å²) >= 11 is 7.79. The number of hydrogen-bond donors (Lipinski definition) is 0. The second kappa shape index (κ2) is 7.60.